The number of hydrogen-bond acceptors (Lipinski definition) is 3. The van der Waals surface area contributed by atoms with Crippen molar-refractivity contribution in [1.82, 2.24) is 0 Å². The van der Waals surface area contributed by atoms with Gasteiger partial charge in [0, 0.05) is 40.5 Å². The predicted molar refractivity (Wildman–Crippen MR) is 64.2 cm³/mol. The van der Waals surface area contributed by atoms with E-state index >= 15 is 0 Å². The standard InChI is InChI=1S/C11H18N2OS/c1-8(13)11(7-12)9-3-5-10(6-4-9)15(2)14/h3-6,8,11H,7,12-13H2,1-2H3. The van der Waals surface area contributed by atoms with Crippen LogP contribution in [-0.2, 0) is 10.8 Å². The van der Waals surface area contributed by atoms with Crippen LogP contribution in [0.25, 0.3) is 0 Å². The Morgan fingerprint density at radius 2 is 1.87 bits per heavy atom. The Morgan fingerprint density at radius 3 is 2.20 bits per heavy atom. The first kappa shape index (κ1) is 12.4. The number of benzene rings is 1. The molecule has 0 saturated heterocycles. The Labute approximate surface area is 93.3 Å². The van der Waals surface area contributed by atoms with Gasteiger partial charge >= 0.3 is 0 Å². The maximum absolute atomic E-state index is 11.2. The van der Waals surface area contributed by atoms with Crippen molar-refractivity contribution in [2.75, 3.05) is 12.8 Å². The fraction of sp³-hybridized carbons (Fsp3) is 0.455. The Hall–Kier alpha value is -0.710. The van der Waals surface area contributed by atoms with Gasteiger partial charge in [-0.1, -0.05) is 12.1 Å². The molecule has 0 saturated carbocycles. The summed E-state index contributed by atoms with van der Waals surface area (Å²) in [6, 6.07) is 7.69. The first-order chi connectivity index (χ1) is 7.06. The summed E-state index contributed by atoms with van der Waals surface area (Å²) in [4.78, 5) is 0.833. The minimum absolute atomic E-state index is 0.0352. The van der Waals surface area contributed by atoms with E-state index in [2.05, 4.69) is 0 Å². The summed E-state index contributed by atoms with van der Waals surface area (Å²) in [5.74, 6) is 0.171. The van der Waals surface area contributed by atoms with Crippen LogP contribution in [0.15, 0.2) is 29.2 Å². The van der Waals surface area contributed by atoms with Crippen molar-refractivity contribution in [2.45, 2.75) is 23.8 Å². The van der Waals surface area contributed by atoms with Crippen molar-refractivity contribution in [1.29, 1.82) is 0 Å². The molecule has 0 aliphatic rings. The summed E-state index contributed by atoms with van der Waals surface area (Å²) in [5.41, 5.74) is 12.6. The molecule has 4 N–H and O–H groups in total. The van der Waals surface area contributed by atoms with E-state index in [1.54, 1.807) is 6.26 Å². The second kappa shape index (κ2) is 5.39. The van der Waals surface area contributed by atoms with E-state index in [-0.39, 0.29) is 12.0 Å². The average Bonchev–Trinajstić information content (AvgIpc) is 2.19. The second-order valence-electron chi connectivity index (χ2n) is 3.72. The Kier molecular flexibility index (Phi) is 4.45. The smallest absolute Gasteiger partial charge is 0.0498 e. The molecule has 0 amide bonds. The molecule has 4 heteroatoms. The molecule has 15 heavy (non-hydrogen) atoms. The van der Waals surface area contributed by atoms with Crippen LogP contribution in [0.4, 0.5) is 0 Å². The van der Waals surface area contributed by atoms with Crippen LogP contribution in [0.3, 0.4) is 0 Å². The van der Waals surface area contributed by atoms with Crippen LogP contribution in [0, 0.1) is 0 Å². The van der Waals surface area contributed by atoms with Gasteiger partial charge in [-0.3, -0.25) is 4.21 Å². The number of nitrogens with two attached hydrogens (primary N) is 2. The number of hydrogen-bond donors (Lipinski definition) is 2. The lowest BCUT2D eigenvalue weighted by Crippen LogP contribution is -2.30. The lowest BCUT2D eigenvalue weighted by atomic mass is 9.93. The van der Waals surface area contributed by atoms with E-state index in [0.717, 1.165) is 10.5 Å². The highest BCUT2D eigenvalue weighted by Crippen LogP contribution is 2.18. The SMILES string of the molecule is CC(N)C(CN)c1ccc(S(C)=O)cc1. The normalized spacial score (nSPS) is 17.1. The van der Waals surface area contributed by atoms with Crippen molar-refractivity contribution in [3.8, 4) is 0 Å². The molecular weight excluding hydrogens is 208 g/mol. The van der Waals surface area contributed by atoms with Crippen molar-refractivity contribution >= 4 is 10.8 Å². The molecule has 3 unspecified atom stereocenters. The van der Waals surface area contributed by atoms with E-state index < -0.39 is 10.8 Å². The Balaban J connectivity index is 2.92. The molecule has 0 radical (unpaired) electrons. The molecule has 1 rings (SSSR count). The van der Waals surface area contributed by atoms with Gasteiger partial charge in [0.25, 0.3) is 0 Å². The molecule has 0 aliphatic carbocycles. The third-order valence-electron chi connectivity index (χ3n) is 2.53. The zero-order chi connectivity index (χ0) is 11.4. The summed E-state index contributed by atoms with van der Waals surface area (Å²) in [6.45, 7) is 2.48. The summed E-state index contributed by atoms with van der Waals surface area (Å²) < 4.78 is 11.2. The van der Waals surface area contributed by atoms with Gasteiger partial charge in [0.2, 0.25) is 0 Å². The molecule has 3 atom stereocenters. The number of rotatable bonds is 4. The topological polar surface area (TPSA) is 69.1 Å². The monoisotopic (exact) mass is 226 g/mol. The van der Waals surface area contributed by atoms with Crippen molar-refractivity contribution < 1.29 is 4.21 Å². The summed E-state index contributed by atoms with van der Waals surface area (Å²) in [7, 11) is -0.926. The Morgan fingerprint density at radius 1 is 1.33 bits per heavy atom. The maximum atomic E-state index is 11.2. The summed E-state index contributed by atoms with van der Waals surface area (Å²) in [6.07, 6.45) is 1.67. The van der Waals surface area contributed by atoms with Crippen molar-refractivity contribution in [3.63, 3.8) is 0 Å². The minimum atomic E-state index is -0.926. The first-order valence-corrected chi connectivity index (χ1v) is 6.51. The largest absolute Gasteiger partial charge is 0.330 e. The van der Waals surface area contributed by atoms with E-state index in [1.165, 1.54) is 0 Å². The molecule has 1 aromatic carbocycles. The molecular formula is C11H18N2OS. The van der Waals surface area contributed by atoms with Gasteiger partial charge in [0.1, 0.15) is 0 Å². The van der Waals surface area contributed by atoms with Gasteiger partial charge < -0.3 is 11.5 Å². The van der Waals surface area contributed by atoms with Crippen LogP contribution < -0.4 is 11.5 Å². The zero-order valence-corrected chi connectivity index (χ0v) is 9.96. The van der Waals surface area contributed by atoms with Gasteiger partial charge in [-0.25, -0.2) is 0 Å². The lowest BCUT2D eigenvalue weighted by molar-refractivity contribution is 0.576. The second-order valence-corrected chi connectivity index (χ2v) is 5.10. The molecule has 0 fully saturated rings. The molecule has 0 bridgehead atoms. The van der Waals surface area contributed by atoms with Crippen LogP contribution in [-0.4, -0.2) is 23.1 Å². The molecule has 84 valence electrons. The molecule has 3 nitrogen and oxygen atoms in total. The highest BCUT2D eigenvalue weighted by atomic mass is 32.2. The van der Waals surface area contributed by atoms with Crippen LogP contribution >= 0.6 is 0 Å². The molecule has 1 aromatic rings. The minimum Gasteiger partial charge on any atom is -0.330 e. The van der Waals surface area contributed by atoms with Crippen molar-refractivity contribution in [3.05, 3.63) is 29.8 Å². The molecule has 0 aromatic heterocycles. The van der Waals surface area contributed by atoms with E-state index in [4.69, 9.17) is 11.5 Å². The van der Waals surface area contributed by atoms with Crippen molar-refractivity contribution in [2.24, 2.45) is 11.5 Å². The zero-order valence-electron chi connectivity index (χ0n) is 9.14. The van der Waals surface area contributed by atoms with E-state index in [0.29, 0.717) is 6.54 Å². The first-order valence-electron chi connectivity index (χ1n) is 4.95. The Bertz CT molecular complexity index is 335. The summed E-state index contributed by atoms with van der Waals surface area (Å²) >= 11 is 0. The fourth-order valence-corrected chi connectivity index (χ4v) is 2.08. The maximum Gasteiger partial charge on any atom is 0.0498 e. The molecule has 0 aliphatic heterocycles. The molecule has 0 spiro atoms. The summed E-state index contributed by atoms with van der Waals surface area (Å²) in [5, 5.41) is 0. The van der Waals surface area contributed by atoms with E-state index in [9.17, 15) is 4.21 Å². The van der Waals surface area contributed by atoms with E-state index in [1.807, 2.05) is 31.2 Å². The van der Waals surface area contributed by atoms with Gasteiger partial charge in [-0.2, -0.15) is 0 Å². The quantitative estimate of drug-likeness (QED) is 0.798. The van der Waals surface area contributed by atoms with Crippen LogP contribution in [0.5, 0.6) is 0 Å². The van der Waals surface area contributed by atoms with Gasteiger partial charge in [-0.15, -0.1) is 0 Å². The van der Waals surface area contributed by atoms with Gasteiger partial charge in [0.15, 0.2) is 0 Å². The lowest BCUT2D eigenvalue weighted by Gasteiger charge is -2.19. The molecule has 0 heterocycles. The van der Waals surface area contributed by atoms with Crippen LogP contribution in [0.1, 0.15) is 18.4 Å². The third-order valence-corrected chi connectivity index (χ3v) is 3.46. The highest BCUT2D eigenvalue weighted by Gasteiger charge is 2.14. The predicted octanol–water partition coefficient (Wildman–Crippen LogP) is 0.814. The highest BCUT2D eigenvalue weighted by molar-refractivity contribution is 7.84. The van der Waals surface area contributed by atoms with Gasteiger partial charge in [-0.05, 0) is 24.6 Å². The van der Waals surface area contributed by atoms with Gasteiger partial charge in [0.05, 0.1) is 0 Å². The average molecular weight is 226 g/mol. The fourth-order valence-electron chi connectivity index (χ4n) is 1.56. The van der Waals surface area contributed by atoms with Crippen LogP contribution in [0.2, 0.25) is 0 Å². The third kappa shape index (κ3) is 3.12.